The molecule has 1 unspecified atom stereocenters. The minimum atomic E-state index is -0.517. The molecule has 1 atom stereocenters. The molecule has 19 heavy (non-hydrogen) atoms. The van der Waals surface area contributed by atoms with E-state index in [0.29, 0.717) is 13.2 Å². The predicted octanol–water partition coefficient (Wildman–Crippen LogP) is 2.14. The topological polar surface area (TPSA) is 47.6 Å². The molecule has 0 aliphatic heterocycles. The van der Waals surface area contributed by atoms with Crippen molar-refractivity contribution in [2.24, 2.45) is 0 Å². The fourth-order valence-corrected chi connectivity index (χ4v) is 1.79. The van der Waals surface area contributed by atoms with Crippen LogP contribution in [0.25, 0.3) is 0 Å². The molecule has 4 nitrogen and oxygen atoms in total. The van der Waals surface area contributed by atoms with Gasteiger partial charge in [-0.25, -0.2) is 0 Å². The largest absolute Gasteiger partial charge is 0.481 e. The van der Waals surface area contributed by atoms with Crippen molar-refractivity contribution in [3.8, 4) is 5.75 Å². The second-order valence-electron chi connectivity index (χ2n) is 4.75. The molecule has 0 radical (unpaired) electrons. The summed E-state index contributed by atoms with van der Waals surface area (Å²) in [5.74, 6) is 0.641. The number of ether oxygens (including phenoxy) is 2. The first-order chi connectivity index (χ1) is 8.95. The zero-order valence-corrected chi connectivity index (χ0v) is 12.4. The summed E-state index contributed by atoms with van der Waals surface area (Å²) in [6.45, 7) is 8.80. The number of nitrogens with one attached hydrogen (secondary N) is 1. The molecular weight excluding hydrogens is 242 g/mol. The van der Waals surface area contributed by atoms with Crippen molar-refractivity contribution in [1.29, 1.82) is 0 Å². The number of carbonyl (C=O) groups is 1. The van der Waals surface area contributed by atoms with Gasteiger partial charge in [0.05, 0.1) is 6.61 Å². The van der Waals surface area contributed by atoms with Crippen LogP contribution < -0.4 is 10.1 Å². The molecule has 0 saturated carbocycles. The van der Waals surface area contributed by atoms with E-state index in [1.807, 2.05) is 26.8 Å². The lowest BCUT2D eigenvalue weighted by Crippen LogP contribution is -2.38. The third-order valence-electron chi connectivity index (χ3n) is 3.04. The number of methoxy groups -OCH3 is 1. The van der Waals surface area contributed by atoms with Gasteiger partial charge in [0, 0.05) is 13.7 Å². The highest BCUT2D eigenvalue weighted by atomic mass is 16.5. The minimum Gasteiger partial charge on any atom is -0.481 e. The Hall–Kier alpha value is -1.55. The fraction of sp³-hybridized carbons (Fsp3) is 0.533. The highest BCUT2D eigenvalue weighted by Gasteiger charge is 2.15. The highest BCUT2D eigenvalue weighted by molar-refractivity contribution is 5.80. The van der Waals surface area contributed by atoms with Gasteiger partial charge in [-0.2, -0.15) is 0 Å². The Kier molecular flexibility index (Phi) is 5.83. The van der Waals surface area contributed by atoms with E-state index in [1.165, 1.54) is 5.56 Å². The molecule has 1 rings (SSSR count). The molecule has 1 N–H and O–H groups in total. The molecule has 0 fully saturated rings. The highest BCUT2D eigenvalue weighted by Crippen LogP contribution is 2.24. The smallest absolute Gasteiger partial charge is 0.260 e. The van der Waals surface area contributed by atoms with Crippen LogP contribution in [0.15, 0.2) is 12.1 Å². The van der Waals surface area contributed by atoms with Gasteiger partial charge in [-0.3, -0.25) is 4.79 Å². The van der Waals surface area contributed by atoms with E-state index in [1.54, 1.807) is 14.0 Å². The summed E-state index contributed by atoms with van der Waals surface area (Å²) < 4.78 is 10.6. The van der Waals surface area contributed by atoms with Gasteiger partial charge in [0.2, 0.25) is 0 Å². The predicted molar refractivity (Wildman–Crippen MR) is 75.6 cm³/mol. The molecule has 1 aromatic carbocycles. The van der Waals surface area contributed by atoms with Gasteiger partial charge >= 0.3 is 0 Å². The lowest BCUT2D eigenvalue weighted by atomic mass is 10.1. The first-order valence-corrected chi connectivity index (χ1v) is 6.47. The molecule has 0 saturated heterocycles. The molecular formula is C15H23NO3. The van der Waals surface area contributed by atoms with Gasteiger partial charge in [-0.05, 0) is 50.5 Å². The van der Waals surface area contributed by atoms with E-state index < -0.39 is 6.10 Å². The zero-order valence-electron chi connectivity index (χ0n) is 12.4. The maximum Gasteiger partial charge on any atom is 0.260 e. The standard InChI is InChI=1S/C15H23NO3/c1-10-8-11(2)12(3)14(9-10)19-13(4)15(17)16-6-7-18-5/h8-9,13H,6-7H2,1-5H3,(H,16,17). The van der Waals surface area contributed by atoms with Crippen LogP contribution in [-0.2, 0) is 9.53 Å². The number of rotatable bonds is 6. The molecule has 0 heterocycles. The number of hydrogen-bond acceptors (Lipinski definition) is 3. The Balaban J connectivity index is 2.66. The van der Waals surface area contributed by atoms with Crippen LogP contribution in [0.3, 0.4) is 0 Å². The summed E-state index contributed by atoms with van der Waals surface area (Å²) in [6.07, 6.45) is -0.517. The Bertz CT molecular complexity index is 443. The Morgan fingerprint density at radius 3 is 2.63 bits per heavy atom. The van der Waals surface area contributed by atoms with Gasteiger partial charge in [-0.15, -0.1) is 0 Å². The lowest BCUT2D eigenvalue weighted by molar-refractivity contribution is -0.127. The molecule has 4 heteroatoms. The van der Waals surface area contributed by atoms with Crippen molar-refractivity contribution < 1.29 is 14.3 Å². The molecule has 106 valence electrons. The number of hydrogen-bond donors (Lipinski definition) is 1. The molecule has 0 aliphatic carbocycles. The average Bonchev–Trinajstić information content (AvgIpc) is 2.35. The van der Waals surface area contributed by atoms with Crippen molar-refractivity contribution in [3.05, 3.63) is 28.8 Å². The lowest BCUT2D eigenvalue weighted by Gasteiger charge is -2.17. The third kappa shape index (κ3) is 4.56. The monoisotopic (exact) mass is 265 g/mol. The summed E-state index contributed by atoms with van der Waals surface area (Å²) in [4.78, 5) is 11.8. The first-order valence-electron chi connectivity index (χ1n) is 6.47. The normalized spacial score (nSPS) is 12.1. The summed E-state index contributed by atoms with van der Waals surface area (Å²) in [5.41, 5.74) is 3.37. The second-order valence-corrected chi connectivity index (χ2v) is 4.75. The van der Waals surface area contributed by atoms with E-state index in [2.05, 4.69) is 11.4 Å². The van der Waals surface area contributed by atoms with E-state index >= 15 is 0 Å². The van der Waals surface area contributed by atoms with Crippen molar-refractivity contribution in [1.82, 2.24) is 5.32 Å². The van der Waals surface area contributed by atoms with E-state index in [9.17, 15) is 4.79 Å². The number of benzene rings is 1. The molecule has 1 aromatic rings. The van der Waals surface area contributed by atoms with E-state index in [4.69, 9.17) is 9.47 Å². The van der Waals surface area contributed by atoms with Crippen molar-refractivity contribution in [2.45, 2.75) is 33.8 Å². The maximum atomic E-state index is 11.8. The molecule has 0 aromatic heterocycles. The van der Waals surface area contributed by atoms with Crippen LogP contribution >= 0.6 is 0 Å². The molecule has 0 spiro atoms. The van der Waals surface area contributed by atoms with Crippen LogP contribution in [0.1, 0.15) is 23.6 Å². The number of amides is 1. The maximum absolute atomic E-state index is 11.8. The Morgan fingerprint density at radius 2 is 2.00 bits per heavy atom. The van der Waals surface area contributed by atoms with E-state index in [0.717, 1.165) is 16.9 Å². The summed E-state index contributed by atoms with van der Waals surface area (Å²) in [6, 6.07) is 4.06. The van der Waals surface area contributed by atoms with Crippen molar-refractivity contribution >= 4 is 5.91 Å². The summed E-state index contributed by atoms with van der Waals surface area (Å²) in [5, 5.41) is 2.76. The number of aryl methyl sites for hydroxylation is 2. The van der Waals surface area contributed by atoms with Gasteiger partial charge in [0.1, 0.15) is 5.75 Å². The summed E-state index contributed by atoms with van der Waals surface area (Å²) >= 11 is 0. The first kappa shape index (κ1) is 15.5. The molecule has 0 bridgehead atoms. The minimum absolute atomic E-state index is 0.129. The van der Waals surface area contributed by atoms with Crippen molar-refractivity contribution in [2.75, 3.05) is 20.3 Å². The van der Waals surface area contributed by atoms with Crippen LogP contribution in [0.4, 0.5) is 0 Å². The number of carbonyl (C=O) groups excluding carboxylic acids is 1. The van der Waals surface area contributed by atoms with Crippen LogP contribution in [0.2, 0.25) is 0 Å². The Labute approximate surface area is 115 Å². The quantitative estimate of drug-likeness (QED) is 0.802. The Morgan fingerprint density at radius 1 is 1.32 bits per heavy atom. The van der Waals surface area contributed by atoms with Crippen LogP contribution in [-0.4, -0.2) is 32.3 Å². The van der Waals surface area contributed by atoms with E-state index in [-0.39, 0.29) is 5.91 Å². The summed E-state index contributed by atoms with van der Waals surface area (Å²) in [7, 11) is 1.60. The van der Waals surface area contributed by atoms with Crippen LogP contribution in [0.5, 0.6) is 5.75 Å². The van der Waals surface area contributed by atoms with Gasteiger partial charge in [0.15, 0.2) is 6.10 Å². The SMILES string of the molecule is COCCNC(=O)C(C)Oc1cc(C)cc(C)c1C. The zero-order chi connectivity index (χ0) is 14.4. The van der Waals surface area contributed by atoms with Crippen LogP contribution in [0, 0.1) is 20.8 Å². The second kappa shape index (κ2) is 7.14. The van der Waals surface area contributed by atoms with Crippen molar-refractivity contribution in [3.63, 3.8) is 0 Å². The average molecular weight is 265 g/mol. The van der Waals surface area contributed by atoms with Gasteiger partial charge < -0.3 is 14.8 Å². The van der Waals surface area contributed by atoms with Gasteiger partial charge in [-0.1, -0.05) is 6.07 Å². The molecule has 1 amide bonds. The third-order valence-corrected chi connectivity index (χ3v) is 3.04. The fourth-order valence-electron chi connectivity index (χ4n) is 1.79. The molecule has 0 aliphatic rings. The van der Waals surface area contributed by atoms with Gasteiger partial charge in [0.25, 0.3) is 5.91 Å².